The predicted octanol–water partition coefficient (Wildman–Crippen LogP) is 4.58. The highest BCUT2D eigenvalue weighted by molar-refractivity contribution is 7.99. The molecule has 104 valence electrons. The highest BCUT2D eigenvalue weighted by atomic mass is 32.2. The summed E-state index contributed by atoms with van der Waals surface area (Å²) in [4.78, 5) is 15.0. The zero-order valence-corrected chi connectivity index (χ0v) is 12.4. The quantitative estimate of drug-likeness (QED) is 0.357. The van der Waals surface area contributed by atoms with Gasteiger partial charge >= 0.3 is 0 Å². The van der Waals surface area contributed by atoms with Gasteiger partial charge in [-0.3, -0.25) is 4.79 Å². The van der Waals surface area contributed by atoms with E-state index in [-0.39, 0.29) is 11.5 Å². The van der Waals surface area contributed by atoms with E-state index >= 15 is 0 Å². The summed E-state index contributed by atoms with van der Waals surface area (Å²) >= 11 is 1.47. The largest absolute Gasteiger partial charge is 0.449 e. The first kappa shape index (κ1) is 14.5. The molecule has 1 aromatic heterocycles. The molecule has 5 nitrogen and oxygen atoms in total. The zero-order valence-electron chi connectivity index (χ0n) is 11.6. The molecule has 0 saturated heterocycles. The van der Waals surface area contributed by atoms with E-state index in [1.54, 1.807) is 13.0 Å². The van der Waals surface area contributed by atoms with E-state index in [0.717, 1.165) is 16.9 Å². The molecule has 1 atom stereocenters. The van der Waals surface area contributed by atoms with E-state index in [4.69, 9.17) is 9.95 Å². The number of nitrogens with zero attached hydrogens (tertiary/aromatic N) is 3. The maximum atomic E-state index is 12.2. The molecule has 0 aliphatic heterocycles. The minimum absolute atomic E-state index is 0.0692. The maximum absolute atomic E-state index is 12.2. The Hall–Kier alpha value is -1.91. The second-order valence-corrected chi connectivity index (χ2v) is 5.74. The summed E-state index contributed by atoms with van der Waals surface area (Å²) in [5.74, 6) is 0.821. The lowest BCUT2D eigenvalue weighted by molar-refractivity contribution is 0.494. The third kappa shape index (κ3) is 2.81. The summed E-state index contributed by atoms with van der Waals surface area (Å²) in [6.45, 7) is 5.68. The Morgan fingerprint density at radius 3 is 2.85 bits per heavy atom. The fourth-order valence-electron chi connectivity index (χ4n) is 2.08. The molecule has 0 radical (unpaired) electrons. The van der Waals surface area contributed by atoms with Crippen LogP contribution in [0.25, 0.3) is 21.4 Å². The van der Waals surface area contributed by atoms with Crippen molar-refractivity contribution in [3.63, 3.8) is 0 Å². The van der Waals surface area contributed by atoms with Crippen molar-refractivity contribution < 1.29 is 4.42 Å². The number of hydrogen-bond donors (Lipinski definition) is 0. The van der Waals surface area contributed by atoms with E-state index in [0.29, 0.717) is 16.1 Å². The summed E-state index contributed by atoms with van der Waals surface area (Å²) in [5.41, 5.74) is 10.7. The standard InChI is InChI=1S/C14H15N3O2S/c1-4-20-13-7-12(18)11-6-8(2)5-10(14(11)19-13)9(3)16-17-15/h5-7,9H,4H2,1-3H3. The molecule has 0 aliphatic rings. The molecular weight excluding hydrogens is 274 g/mol. The van der Waals surface area contributed by atoms with Crippen LogP contribution in [0.15, 0.2) is 37.6 Å². The lowest BCUT2D eigenvalue weighted by Gasteiger charge is -2.11. The summed E-state index contributed by atoms with van der Waals surface area (Å²) in [7, 11) is 0. The topological polar surface area (TPSA) is 79.0 Å². The van der Waals surface area contributed by atoms with Gasteiger partial charge in [0.15, 0.2) is 10.5 Å². The maximum Gasteiger partial charge on any atom is 0.193 e. The van der Waals surface area contributed by atoms with Crippen LogP contribution in [0.4, 0.5) is 0 Å². The Morgan fingerprint density at radius 2 is 2.20 bits per heavy atom. The first-order valence-corrected chi connectivity index (χ1v) is 7.30. The number of fused-ring (bicyclic) bond motifs is 1. The van der Waals surface area contributed by atoms with Gasteiger partial charge in [-0.1, -0.05) is 36.8 Å². The highest BCUT2D eigenvalue weighted by Crippen LogP contribution is 2.29. The Balaban J connectivity index is 2.78. The zero-order chi connectivity index (χ0) is 14.7. The van der Waals surface area contributed by atoms with Crippen LogP contribution >= 0.6 is 11.8 Å². The summed E-state index contributed by atoms with van der Waals surface area (Å²) in [5, 5.41) is 4.82. The van der Waals surface area contributed by atoms with Gasteiger partial charge in [0.25, 0.3) is 0 Å². The van der Waals surface area contributed by atoms with Crippen molar-refractivity contribution in [3.8, 4) is 0 Å². The molecule has 0 spiro atoms. The van der Waals surface area contributed by atoms with Gasteiger partial charge in [-0.25, -0.2) is 0 Å². The number of thioether (sulfide) groups is 1. The lowest BCUT2D eigenvalue weighted by atomic mass is 10.0. The van der Waals surface area contributed by atoms with E-state index in [9.17, 15) is 4.79 Å². The van der Waals surface area contributed by atoms with Crippen LogP contribution in [0, 0.1) is 6.92 Å². The minimum Gasteiger partial charge on any atom is -0.449 e. The van der Waals surface area contributed by atoms with E-state index in [1.807, 2.05) is 19.9 Å². The Labute approximate surface area is 120 Å². The molecule has 6 heteroatoms. The highest BCUT2D eigenvalue weighted by Gasteiger charge is 2.14. The van der Waals surface area contributed by atoms with Gasteiger partial charge in [0.05, 0.1) is 11.4 Å². The molecule has 2 aromatic rings. The van der Waals surface area contributed by atoms with Crippen molar-refractivity contribution in [2.24, 2.45) is 5.11 Å². The second kappa shape index (κ2) is 6.03. The van der Waals surface area contributed by atoms with Crippen LogP contribution in [0.1, 0.15) is 31.0 Å². The smallest absolute Gasteiger partial charge is 0.193 e. The van der Waals surface area contributed by atoms with Crippen LogP contribution in [0.5, 0.6) is 0 Å². The first-order valence-electron chi connectivity index (χ1n) is 6.32. The van der Waals surface area contributed by atoms with Gasteiger partial charge < -0.3 is 4.42 Å². The molecule has 1 heterocycles. The lowest BCUT2D eigenvalue weighted by Crippen LogP contribution is -2.03. The third-order valence-corrected chi connectivity index (χ3v) is 3.71. The van der Waals surface area contributed by atoms with Crippen molar-refractivity contribution in [1.29, 1.82) is 0 Å². The van der Waals surface area contributed by atoms with Crippen LogP contribution in [-0.4, -0.2) is 5.75 Å². The van der Waals surface area contributed by atoms with Crippen LogP contribution in [-0.2, 0) is 0 Å². The van der Waals surface area contributed by atoms with Crippen molar-refractivity contribution >= 4 is 22.7 Å². The van der Waals surface area contributed by atoms with Crippen LogP contribution in [0.2, 0.25) is 0 Å². The van der Waals surface area contributed by atoms with E-state index in [1.165, 1.54) is 17.8 Å². The molecule has 0 amide bonds. The van der Waals surface area contributed by atoms with Crippen molar-refractivity contribution in [2.45, 2.75) is 31.9 Å². The average molecular weight is 289 g/mol. The van der Waals surface area contributed by atoms with Gasteiger partial charge in [0.1, 0.15) is 5.58 Å². The molecule has 0 N–H and O–H groups in total. The van der Waals surface area contributed by atoms with Gasteiger partial charge in [-0.15, -0.1) is 0 Å². The van der Waals surface area contributed by atoms with Crippen molar-refractivity contribution in [2.75, 3.05) is 5.75 Å². The molecule has 2 rings (SSSR count). The molecule has 0 fully saturated rings. The molecule has 20 heavy (non-hydrogen) atoms. The van der Waals surface area contributed by atoms with E-state index in [2.05, 4.69) is 10.0 Å². The fourth-order valence-corrected chi connectivity index (χ4v) is 2.69. The Morgan fingerprint density at radius 1 is 1.45 bits per heavy atom. The van der Waals surface area contributed by atoms with E-state index < -0.39 is 0 Å². The number of rotatable bonds is 4. The SMILES string of the molecule is CCSc1cc(=O)c2cc(C)cc(C(C)N=[N+]=[N-])c2o1. The van der Waals surface area contributed by atoms with Crippen LogP contribution < -0.4 is 5.43 Å². The van der Waals surface area contributed by atoms with Gasteiger partial charge in [-0.05, 0) is 29.8 Å². The number of hydrogen-bond acceptors (Lipinski definition) is 4. The summed E-state index contributed by atoms with van der Waals surface area (Å²) in [6, 6.07) is 4.82. The van der Waals surface area contributed by atoms with Gasteiger partial charge in [0, 0.05) is 16.5 Å². The van der Waals surface area contributed by atoms with Crippen LogP contribution in [0.3, 0.4) is 0 Å². The molecule has 0 bridgehead atoms. The van der Waals surface area contributed by atoms with Gasteiger partial charge in [-0.2, -0.15) is 0 Å². The van der Waals surface area contributed by atoms with Crippen molar-refractivity contribution in [1.82, 2.24) is 0 Å². The number of aryl methyl sites for hydroxylation is 1. The Bertz CT molecular complexity index is 748. The predicted molar refractivity (Wildman–Crippen MR) is 81.2 cm³/mol. The van der Waals surface area contributed by atoms with Gasteiger partial charge in [0.2, 0.25) is 0 Å². The Kier molecular flexibility index (Phi) is 4.37. The van der Waals surface area contributed by atoms with Crippen molar-refractivity contribution in [3.05, 3.63) is 50.0 Å². The molecule has 1 unspecified atom stereocenters. The molecule has 0 saturated carbocycles. The average Bonchev–Trinajstić information content (AvgIpc) is 2.39. The number of benzene rings is 1. The minimum atomic E-state index is -0.382. The summed E-state index contributed by atoms with van der Waals surface area (Å²) in [6.07, 6.45) is 0. The summed E-state index contributed by atoms with van der Waals surface area (Å²) < 4.78 is 5.82. The molecule has 0 aliphatic carbocycles. The number of azide groups is 1. The first-order chi connectivity index (χ1) is 9.56. The second-order valence-electron chi connectivity index (χ2n) is 4.47. The molecule has 1 aromatic carbocycles. The normalized spacial score (nSPS) is 12.2. The fraction of sp³-hybridized carbons (Fsp3) is 0.357. The monoisotopic (exact) mass is 289 g/mol. The third-order valence-electron chi connectivity index (χ3n) is 2.94. The molecular formula is C14H15N3O2S.